The summed E-state index contributed by atoms with van der Waals surface area (Å²) in [6.45, 7) is 0.218. The Morgan fingerprint density at radius 2 is 1.83 bits per heavy atom. The number of para-hydroxylation sites is 1. The summed E-state index contributed by atoms with van der Waals surface area (Å²) < 4.78 is 47.4. The largest absolute Gasteiger partial charge is 0.437 e. The molecule has 0 atom stereocenters. The number of rotatable bonds is 5. The standard InChI is InChI=1S/C20H15F3N4O2S/c21-20(22,23)17-15(29-19(28)24-11-10-13-6-2-1-3-7-13)12-25-27(17)18-26-14-8-4-5-9-16(14)30-18/h1-9,12H,10-11H2,(H,24,28). The molecule has 0 radical (unpaired) electrons. The molecule has 2 aromatic carbocycles. The van der Waals surface area contributed by atoms with Gasteiger partial charge < -0.3 is 10.1 Å². The van der Waals surface area contributed by atoms with E-state index in [1.54, 1.807) is 24.3 Å². The third-order valence-electron chi connectivity index (χ3n) is 4.20. The molecule has 0 aliphatic carbocycles. The van der Waals surface area contributed by atoms with E-state index in [4.69, 9.17) is 4.74 Å². The first-order chi connectivity index (χ1) is 14.4. The highest BCUT2D eigenvalue weighted by Crippen LogP contribution is 2.38. The van der Waals surface area contributed by atoms with Crippen LogP contribution in [0.25, 0.3) is 15.3 Å². The van der Waals surface area contributed by atoms with Crippen LogP contribution in [0.4, 0.5) is 18.0 Å². The second-order valence-electron chi connectivity index (χ2n) is 6.28. The Labute approximate surface area is 172 Å². The molecule has 4 rings (SSSR count). The van der Waals surface area contributed by atoms with E-state index in [9.17, 15) is 18.0 Å². The molecule has 6 nitrogen and oxygen atoms in total. The van der Waals surface area contributed by atoms with Gasteiger partial charge >= 0.3 is 12.3 Å². The Balaban J connectivity index is 1.52. The Morgan fingerprint density at radius 1 is 1.10 bits per heavy atom. The number of carbonyl (C=O) groups is 1. The molecule has 0 unspecified atom stereocenters. The molecule has 0 bridgehead atoms. The van der Waals surface area contributed by atoms with Gasteiger partial charge in [-0.2, -0.15) is 23.0 Å². The van der Waals surface area contributed by atoms with Gasteiger partial charge in [0.2, 0.25) is 5.13 Å². The Hall–Kier alpha value is -3.40. The molecule has 2 heterocycles. The van der Waals surface area contributed by atoms with Crippen LogP contribution in [0.1, 0.15) is 11.3 Å². The molecule has 0 aliphatic rings. The van der Waals surface area contributed by atoms with Gasteiger partial charge in [-0.3, -0.25) is 0 Å². The Kier molecular flexibility index (Phi) is 5.40. The van der Waals surface area contributed by atoms with Gasteiger partial charge in [0, 0.05) is 6.54 Å². The topological polar surface area (TPSA) is 69.0 Å². The number of hydrogen-bond acceptors (Lipinski definition) is 5. The van der Waals surface area contributed by atoms with Crippen LogP contribution in [0.5, 0.6) is 5.75 Å². The number of halogens is 3. The van der Waals surface area contributed by atoms with E-state index in [0.717, 1.165) is 27.8 Å². The number of benzene rings is 2. The van der Waals surface area contributed by atoms with Crippen molar-refractivity contribution in [3.63, 3.8) is 0 Å². The smallest absolute Gasteiger partial charge is 0.406 e. The summed E-state index contributed by atoms with van der Waals surface area (Å²) >= 11 is 1.06. The molecule has 0 fully saturated rings. The van der Waals surface area contributed by atoms with Gasteiger partial charge in [-0.15, -0.1) is 0 Å². The number of amides is 1. The molecular formula is C20H15F3N4O2S. The van der Waals surface area contributed by atoms with Crippen LogP contribution in [0.3, 0.4) is 0 Å². The summed E-state index contributed by atoms with van der Waals surface area (Å²) in [4.78, 5) is 16.2. The number of ether oxygens (including phenoxy) is 1. The highest BCUT2D eigenvalue weighted by Gasteiger charge is 2.41. The SMILES string of the molecule is O=C(NCCc1ccccc1)Oc1cnn(-c2nc3ccccc3s2)c1C(F)(F)F. The fourth-order valence-corrected chi connectivity index (χ4v) is 3.78. The highest BCUT2D eigenvalue weighted by molar-refractivity contribution is 7.20. The van der Waals surface area contributed by atoms with Crippen LogP contribution < -0.4 is 10.1 Å². The molecule has 0 aliphatic heterocycles. The molecule has 4 aromatic rings. The summed E-state index contributed by atoms with van der Waals surface area (Å²) in [6, 6.07) is 16.3. The van der Waals surface area contributed by atoms with Crippen LogP contribution in [0.2, 0.25) is 0 Å². The average Bonchev–Trinajstić information content (AvgIpc) is 3.32. The predicted octanol–water partition coefficient (Wildman–Crippen LogP) is 4.83. The normalized spacial score (nSPS) is 11.6. The lowest BCUT2D eigenvalue weighted by molar-refractivity contribution is -0.143. The summed E-state index contributed by atoms with van der Waals surface area (Å²) in [5.74, 6) is -0.682. The van der Waals surface area contributed by atoms with Crippen LogP contribution >= 0.6 is 11.3 Å². The molecule has 2 aromatic heterocycles. The fourth-order valence-electron chi connectivity index (χ4n) is 2.85. The number of nitrogens with zero attached hydrogens (tertiary/aromatic N) is 3. The van der Waals surface area contributed by atoms with Gasteiger partial charge in [-0.25, -0.2) is 9.78 Å². The number of alkyl halides is 3. The van der Waals surface area contributed by atoms with Gasteiger partial charge in [0.25, 0.3) is 0 Å². The third-order valence-corrected chi connectivity index (χ3v) is 5.21. The lowest BCUT2D eigenvalue weighted by Crippen LogP contribution is -2.29. The maximum atomic E-state index is 13.7. The van der Waals surface area contributed by atoms with Crippen molar-refractivity contribution in [3.8, 4) is 10.9 Å². The third kappa shape index (κ3) is 4.28. The van der Waals surface area contributed by atoms with E-state index in [1.165, 1.54) is 0 Å². The monoisotopic (exact) mass is 432 g/mol. The highest BCUT2D eigenvalue weighted by atomic mass is 32.1. The van der Waals surface area contributed by atoms with E-state index < -0.39 is 23.7 Å². The molecule has 1 amide bonds. The molecule has 154 valence electrons. The molecule has 0 saturated carbocycles. The first-order valence-electron chi connectivity index (χ1n) is 8.92. The van der Waals surface area contributed by atoms with Crippen LogP contribution in [0, 0.1) is 0 Å². The number of nitrogens with one attached hydrogen (secondary N) is 1. The van der Waals surface area contributed by atoms with E-state index in [-0.39, 0.29) is 11.7 Å². The van der Waals surface area contributed by atoms with Crippen molar-refractivity contribution in [2.24, 2.45) is 0 Å². The average molecular weight is 432 g/mol. The minimum absolute atomic E-state index is 0.0304. The van der Waals surface area contributed by atoms with Gasteiger partial charge in [-0.05, 0) is 24.1 Å². The fraction of sp³-hybridized carbons (Fsp3) is 0.150. The summed E-state index contributed by atoms with van der Waals surface area (Å²) in [5, 5.41) is 6.25. The molecule has 1 N–H and O–H groups in total. The van der Waals surface area contributed by atoms with Crippen molar-refractivity contribution >= 4 is 27.6 Å². The van der Waals surface area contributed by atoms with E-state index >= 15 is 0 Å². The Bertz CT molecular complexity index is 1140. The molecule has 0 saturated heterocycles. The van der Waals surface area contributed by atoms with Gasteiger partial charge in [-0.1, -0.05) is 53.8 Å². The van der Waals surface area contributed by atoms with Crippen molar-refractivity contribution in [3.05, 3.63) is 72.1 Å². The predicted molar refractivity (Wildman–Crippen MR) is 106 cm³/mol. The minimum atomic E-state index is -4.80. The van der Waals surface area contributed by atoms with Gasteiger partial charge in [0.1, 0.15) is 0 Å². The van der Waals surface area contributed by atoms with E-state index in [2.05, 4.69) is 15.4 Å². The van der Waals surface area contributed by atoms with Gasteiger partial charge in [0.05, 0.1) is 16.4 Å². The van der Waals surface area contributed by atoms with Crippen molar-refractivity contribution in [2.45, 2.75) is 12.6 Å². The van der Waals surface area contributed by atoms with Crippen molar-refractivity contribution in [1.29, 1.82) is 0 Å². The molecule has 10 heteroatoms. The lowest BCUT2D eigenvalue weighted by Gasteiger charge is -2.11. The maximum Gasteiger partial charge on any atom is 0.437 e. The number of thiazole rings is 1. The van der Waals surface area contributed by atoms with E-state index in [0.29, 0.717) is 16.6 Å². The summed E-state index contributed by atoms with van der Waals surface area (Å²) in [5.41, 5.74) is 0.347. The van der Waals surface area contributed by atoms with Crippen molar-refractivity contribution in [2.75, 3.05) is 6.54 Å². The zero-order valence-corrected chi connectivity index (χ0v) is 16.2. The van der Waals surface area contributed by atoms with Crippen molar-refractivity contribution < 1.29 is 22.7 Å². The second kappa shape index (κ2) is 8.15. The molecular weight excluding hydrogens is 417 g/mol. The Morgan fingerprint density at radius 3 is 2.57 bits per heavy atom. The first-order valence-corrected chi connectivity index (χ1v) is 9.74. The first kappa shape index (κ1) is 19.9. The van der Waals surface area contributed by atoms with Gasteiger partial charge in [0.15, 0.2) is 11.4 Å². The summed E-state index contributed by atoms with van der Waals surface area (Å²) in [6.07, 6.45) is -4.40. The number of carbonyl (C=O) groups excluding carboxylic acids is 1. The number of aromatic nitrogens is 3. The second-order valence-corrected chi connectivity index (χ2v) is 7.29. The summed E-state index contributed by atoms with van der Waals surface area (Å²) in [7, 11) is 0. The number of hydrogen-bond donors (Lipinski definition) is 1. The van der Waals surface area contributed by atoms with Crippen LogP contribution in [0.15, 0.2) is 60.8 Å². The number of fused-ring (bicyclic) bond motifs is 1. The van der Waals surface area contributed by atoms with Crippen LogP contribution in [-0.4, -0.2) is 27.4 Å². The molecule has 0 spiro atoms. The zero-order chi connectivity index (χ0) is 21.1. The zero-order valence-electron chi connectivity index (χ0n) is 15.4. The molecule has 30 heavy (non-hydrogen) atoms. The van der Waals surface area contributed by atoms with Crippen molar-refractivity contribution in [1.82, 2.24) is 20.1 Å². The quantitative estimate of drug-likeness (QED) is 0.490. The minimum Gasteiger partial charge on any atom is -0.406 e. The maximum absolute atomic E-state index is 13.7. The lowest BCUT2D eigenvalue weighted by atomic mass is 10.1. The van der Waals surface area contributed by atoms with E-state index in [1.807, 2.05) is 30.3 Å². The van der Waals surface area contributed by atoms with Crippen LogP contribution in [-0.2, 0) is 12.6 Å².